The Morgan fingerprint density at radius 3 is 2.81 bits per heavy atom. The smallest absolute Gasteiger partial charge is 0.423 e. The van der Waals surface area contributed by atoms with E-state index >= 15 is 0 Å². The van der Waals surface area contributed by atoms with Crippen LogP contribution in [-0.2, 0) is 21.4 Å². The third-order valence-corrected chi connectivity index (χ3v) is 3.91. The van der Waals surface area contributed by atoms with Gasteiger partial charge in [-0.3, -0.25) is 4.55 Å². The second-order valence-corrected chi connectivity index (χ2v) is 5.52. The van der Waals surface area contributed by atoms with Gasteiger partial charge in [0.25, 0.3) is 10.1 Å². The zero-order valence-corrected chi connectivity index (χ0v) is 9.44. The number of fused-ring (bicyclic) bond motifs is 1. The van der Waals surface area contributed by atoms with Gasteiger partial charge in [0, 0.05) is 0 Å². The summed E-state index contributed by atoms with van der Waals surface area (Å²) in [6, 6.07) is 4.85. The predicted octanol–water partition coefficient (Wildman–Crippen LogP) is -0.147. The minimum Gasteiger partial charge on any atom is -0.423 e. The normalized spacial score (nSPS) is 17.3. The van der Waals surface area contributed by atoms with Crippen LogP contribution in [-0.4, -0.2) is 25.1 Å². The molecule has 0 fully saturated rings. The molecule has 0 saturated heterocycles. The van der Waals surface area contributed by atoms with Crippen LogP contribution in [0.15, 0.2) is 18.2 Å². The first-order valence-electron chi connectivity index (χ1n) is 4.78. The zero-order chi connectivity index (χ0) is 11.9. The van der Waals surface area contributed by atoms with E-state index in [-0.39, 0.29) is 0 Å². The summed E-state index contributed by atoms with van der Waals surface area (Å²) >= 11 is 0. The molecule has 1 aromatic carbocycles. The van der Waals surface area contributed by atoms with Gasteiger partial charge in [-0.25, -0.2) is 0 Å². The summed E-state index contributed by atoms with van der Waals surface area (Å²) in [5.41, 5.74) is 1.83. The predicted molar refractivity (Wildman–Crippen MR) is 58.8 cm³/mol. The SMILES string of the molecule is CC(c1ccc2c(c1)B(O)OC2)S(=O)(=O)O. The average Bonchev–Trinajstić information content (AvgIpc) is 2.58. The lowest BCUT2D eigenvalue weighted by atomic mass is 9.78. The quantitative estimate of drug-likeness (QED) is 0.556. The molecule has 0 bridgehead atoms. The molecule has 0 amide bonds. The van der Waals surface area contributed by atoms with Crippen LogP contribution in [0.4, 0.5) is 0 Å². The van der Waals surface area contributed by atoms with Gasteiger partial charge >= 0.3 is 7.12 Å². The minimum absolute atomic E-state index is 0.317. The molecule has 2 N–H and O–H groups in total. The third-order valence-electron chi connectivity index (χ3n) is 2.75. The molecule has 0 aromatic heterocycles. The van der Waals surface area contributed by atoms with Gasteiger partial charge in [-0.05, 0) is 23.5 Å². The number of hydrogen-bond donors (Lipinski definition) is 2. The lowest BCUT2D eigenvalue weighted by molar-refractivity contribution is 0.275. The number of hydrogen-bond acceptors (Lipinski definition) is 4. The van der Waals surface area contributed by atoms with Crippen molar-refractivity contribution >= 4 is 22.7 Å². The molecule has 1 aliphatic rings. The van der Waals surface area contributed by atoms with Crippen molar-refractivity contribution in [3.05, 3.63) is 29.3 Å². The largest absolute Gasteiger partial charge is 0.491 e. The molecule has 86 valence electrons. The van der Waals surface area contributed by atoms with Crippen molar-refractivity contribution in [1.29, 1.82) is 0 Å². The molecule has 0 radical (unpaired) electrons. The van der Waals surface area contributed by atoms with Crippen molar-refractivity contribution in [1.82, 2.24) is 0 Å². The molecule has 1 aliphatic heterocycles. The van der Waals surface area contributed by atoms with E-state index < -0.39 is 22.5 Å². The maximum atomic E-state index is 11.0. The van der Waals surface area contributed by atoms with Gasteiger partial charge in [0.15, 0.2) is 0 Å². The maximum Gasteiger partial charge on any atom is 0.491 e. The fraction of sp³-hybridized carbons (Fsp3) is 0.333. The lowest BCUT2D eigenvalue weighted by Gasteiger charge is -2.09. The molecule has 5 nitrogen and oxygen atoms in total. The Morgan fingerprint density at radius 2 is 2.19 bits per heavy atom. The van der Waals surface area contributed by atoms with E-state index in [0.717, 1.165) is 5.56 Å². The first-order valence-corrected chi connectivity index (χ1v) is 6.28. The molecule has 0 saturated carbocycles. The van der Waals surface area contributed by atoms with Crippen LogP contribution in [0.2, 0.25) is 0 Å². The van der Waals surface area contributed by atoms with Gasteiger partial charge in [-0.1, -0.05) is 18.2 Å². The van der Waals surface area contributed by atoms with Crippen LogP contribution in [0.5, 0.6) is 0 Å². The Kier molecular flexibility index (Phi) is 2.79. The molecule has 16 heavy (non-hydrogen) atoms. The van der Waals surface area contributed by atoms with E-state index in [2.05, 4.69) is 0 Å². The Bertz CT molecular complexity index is 513. The minimum atomic E-state index is -4.11. The van der Waals surface area contributed by atoms with Gasteiger partial charge < -0.3 is 9.68 Å². The summed E-state index contributed by atoms with van der Waals surface area (Å²) < 4.78 is 35.9. The fourth-order valence-electron chi connectivity index (χ4n) is 1.66. The van der Waals surface area contributed by atoms with Crippen molar-refractivity contribution in [3.63, 3.8) is 0 Å². The molecule has 0 spiro atoms. The second kappa shape index (κ2) is 3.85. The van der Waals surface area contributed by atoms with E-state index in [0.29, 0.717) is 17.6 Å². The average molecular weight is 242 g/mol. The summed E-state index contributed by atoms with van der Waals surface area (Å²) in [5, 5.41) is 8.45. The standard InChI is InChI=1S/C9H11BO5S/c1-6(16(12,13)14)7-2-3-8-5-15-10(11)9(8)4-7/h2-4,6,11H,5H2,1H3,(H,12,13,14). The van der Waals surface area contributed by atoms with E-state index in [1.165, 1.54) is 6.92 Å². The highest BCUT2D eigenvalue weighted by atomic mass is 32.2. The van der Waals surface area contributed by atoms with Crippen molar-refractivity contribution in [3.8, 4) is 0 Å². The van der Waals surface area contributed by atoms with Gasteiger partial charge in [0.1, 0.15) is 5.25 Å². The maximum absolute atomic E-state index is 11.0. The number of benzene rings is 1. The Hall–Kier alpha value is -0.885. The fourth-order valence-corrected chi connectivity index (χ4v) is 2.15. The van der Waals surface area contributed by atoms with Crippen LogP contribution >= 0.6 is 0 Å². The van der Waals surface area contributed by atoms with Crippen LogP contribution in [0.3, 0.4) is 0 Å². The number of rotatable bonds is 2. The van der Waals surface area contributed by atoms with Crippen molar-refractivity contribution < 1.29 is 22.6 Å². The highest BCUT2D eigenvalue weighted by Crippen LogP contribution is 2.22. The molecule has 1 heterocycles. The molecule has 1 aromatic rings. The molecule has 2 rings (SSSR count). The summed E-state index contributed by atoms with van der Waals surface area (Å²) in [5.74, 6) is 0. The van der Waals surface area contributed by atoms with E-state index in [4.69, 9.17) is 9.21 Å². The summed E-state index contributed by atoms with van der Waals surface area (Å²) in [4.78, 5) is 0. The van der Waals surface area contributed by atoms with E-state index in [9.17, 15) is 13.4 Å². The topological polar surface area (TPSA) is 83.8 Å². The van der Waals surface area contributed by atoms with Crippen LogP contribution in [0, 0.1) is 0 Å². The van der Waals surface area contributed by atoms with Crippen LogP contribution in [0.1, 0.15) is 23.3 Å². The molecule has 0 aliphatic carbocycles. The first kappa shape index (κ1) is 11.6. The van der Waals surface area contributed by atoms with Gasteiger partial charge in [-0.15, -0.1) is 0 Å². The van der Waals surface area contributed by atoms with Gasteiger partial charge in [-0.2, -0.15) is 8.42 Å². The Balaban J connectivity index is 2.42. The highest BCUT2D eigenvalue weighted by molar-refractivity contribution is 7.86. The molecular formula is C9H11BO5S. The lowest BCUT2D eigenvalue weighted by Crippen LogP contribution is -2.28. The van der Waals surface area contributed by atoms with E-state index in [1.807, 2.05) is 0 Å². The summed E-state index contributed by atoms with van der Waals surface area (Å²) in [6.45, 7) is 1.70. The highest BCUT2D eigenvalue weighted by Gasteiger charge is 2.29. The Labute approximate surface area is 93.9 Å². The molecule has 1 unspecified atom stereocenters. The van der Waals surface area contributed by atoms with Crippen molar-refractivity contribution in [2.24, 2.45) is 0 Å². The Morgan fingerprint density at radius 1 is 1.50 bits per heavy atom. The molecular weight excluding hydrogens is 231 g/mol. The van der Waals surface area contributed by atoms with Gasteiger partial charge in [0.2, 0.25) is 0 Å². The van der Waals surface area contributed by atoms with E-state index in [1.54, 1.807) is 18.2 Å². The van der Waals surface area contributed by atoms with Gasteiger partial charge in [0.05, 0.1) is 6.61 Å². The van der Waals surface area contributed by atoms with Crippen LogP contribution in [0.25, 0.3) is 0 Å². The molecule has 7 heteroatoms. The van der Waals surface area contributed by atoms with Crippen LogP contribution < -0.4 is 5.46 Å². The monoisotopic (exact) mass is 242 g/mol. The van der Waals surface area contributed by atoms with Crippen molar-refractivity contribution in [2.45, 2.75) is 18.8 Å². The molecule has 1 atom stereocenters. The first-order chi connectivity index (χ1) is 7.39. The summed E-state index contributed by atoms with van der Waals surface area (Å²) in [7, 11) is -5.12. The second-order valence-electron chi connectivity index (χ2n) is 3.78. The van der Waals surface area contributed by atoms with Crippen molar-refractivity contribution in [2.75, 3.05) is 0 Å². The summed E-state index contributed by atoms with van der Waals surface area (Å²) in [6.07, 6.45) is 0. The zero-order valence-electron chi connectivity index (χ0n) is 8.62. The third kappa shape index (κ3) is 1.99.